The number of aryl methyl sites for hydroxylation is 1. The molecule has 0 aliphatic carbocycles. The molecule has 0 amide bonds. The second-order valence-electron chi connectivity index (χ2n) is 4.31. The number of hydrogen-bond acceptors (Lipinski definition) is 3. The minimum absolute atomic E-state index is 0.0406. The van der Waals surface area contributed by atoms with Crippen molar-refractivity contribution in [2.24, 2.45) is 0 Å². The Morgan fingerprint density at radius 1 is 1.10 bits per heavy atom. The molecule has 2 aromatic carbocycles. The highest BCUT2D eigenvalue weighted by atomic mass is 35.5. The third-order valence-electron chi connectivity index (χ3n) is 2.79. The Morgan fingerprint density at radius 3 is 2.33 bits per heavy atom. The zero-order valence-electron chi connectivity index (χ0n) is 10.8. The number of hydrogen-bond donors (Lipinski definition) is 2. The van der Waals surface area contributed by atoms with Gasteiger partial charge >= 0.3 is 5.97 Å². The summed E-state index contributed by atoms with van der Waals surface area (Å²) in [6.07, 6.45) is 0. The average Bonchev–Trinajstić information content (AvgIpc) is 2.39. The molecule has 0 aromatic heterocycles. The molecule has 0 aliphatic heterocycles. The van der Waals surface area contributed by atoms with Crippen LogP contribution in [0.3, 0.4) is 0 Å². The molecule has 0 radical (unpaired) electrons. The van der Waals surface area contributed by atoms with Crippen LogP contribution < -0.4 is 10.5 Å². The molecule has 0 spiro atoms. The monoisotopic (exact) mass is 345 g/mol. The van der Waals surface area contributed by atoms with Gasteiger partial charge in [-0.2, -0.15) is 0 Å². The summed E-state index contributed by atoms with van der Waals surface area (Å²) in [7, 11) is 0. The molecule has 0 fully saturated rings. The van der Waals surface area contributed by atoms with Crippen LogP contribution in [0.1, 0.15) is 15.9 Å². The number of carbonyl (C=O) groups is 1. The highest BCUT2D eigenvalue weighted by Crippen LogP contribution is 2.37. The summed E-state index contributed by atoms with van der Waals surface area (Å²) in [6.45, 7) is 1.69. The number of nitrogens with two attached hydrogens (primary N) is 1. The van der Waals surface area contributed by atoms with Gasteiger partial charge < -0.3 is 15.6 Å². The van der Waals surface area contributed by atoms with Crippen LogP contribution in [-0.2, 0) is 0 Å². The van der Waals surface area contributed by atoms with Crippen molar-refractivity contribution in [3.63, 3.8) is 0 Å². The van der Waals surface area contributed by atoms with E-state index in [2.05, 4.69) is 0 Å². The Hall–Kier alpha value is -1.62. The molecule has 0 atom stereocenters. The lowest BCUT2D eigenvalue weighted by Crippen LogP contribution is -2.04. The predicted molar refractivity (Wildman–Crippen MR) is 84.1 cm³/mol. The van der Waals surface area contributed by atoms with E-state index >= 15 is 0 Å². The zero-order valence-corrected chi connectivity index (χ0v) is 13.1. The summed E-state index contributed by atoms with van der Waals surface area (Å²) < 4.78 is 5.58. The van der Waals surface area contributed by atoms with Crippen molar-refractivity contribution in [1.29, 1.82) is 0 Å². The molecule has 2 aromatic rings. The standard InChI is InChI=1S/C14H10Cl3NO3/c1-6-2-7(3-8(13(6)18)14(19)20)21-12-5-10(16)9(15)4-11(12)17/h2-5H,18H2,1H3,(H,19,20). The van der Waals surface area contributed by atoms with E-state index in [0.29, 0.717) is 16.3 Å². The number of aromatic carboxylic acids is 1. The Morgan fingerprint density at radius 2 is 1.71 bits per heavy atom. The highest BCUT2D eigenvalue weighted by Gasteiger charge is 2.14. The topological polar surface area (TPSA) is 72.5 Å². The molecule has 0 bridgehead atoms. The van der Waals surface area contributed by atoms with E-state index in [-0.39, 0.29) is 27.0 Å². The molecule has 0 aliphatic rings. The normalized spacial score (nSPS) is 10.5. The fourth-order valence-electron chi connectivity index (χ4n) is 1.71. The maximum atomic E-state index is 11.1. The van der Waals surface area contributed by atoms with Crippen molar-refractivity contribution >= 4 is 46.5 Å². The first-order chi connectivity index (χ1) is 9.79. The molecule has 110 valence electrons. The van der Waals surface area contributed by atoms with Crippen molar-refractivity contribution in [3.8, 4) is 11.5 Å². The first kappa shape index (κ1) is 15.8. The van der Waals surface area contributed by atoms with Crippen LogP contribution in [0, 0.1) is 6.92 Å². The molecule has 21 heavy (non-hydrogen) atoms. The zero-order chi connectivity index (χ0) is 15.7. The summed E-state index contributed by atoms with van der Waals surface area (Å²) in [6, 6.07) is 5.84. The van der Waals surface area contributed by atoms with Crippen LogP contribution in [0.4, 0.5) is 5.69 Å². The molecule has 0 saturated carbocycles. The van der Waals surface area contributed by atoms with Gasteiger partial charge in [-0.25, -0.2) is 4.79 Å². The van der Waals surface area contributed by atoms with Gasteiger partial charge in [-0.1, -0.05) is 34.8 Å². The number of ether oxygens (including phenoxy) is 1. The molecule has 7 heteroatoms. The Balaban J connectivity index is 2.45. The summed E-state index contributed by atoms with van der Waals surface area (Å²) in [4.78, 5) is 11.1. The SMILES string of the molecule is Cc1cc(Oc2cc(Cl)c(Cl)cc2Cl)cc(C(=O)O)c1N. The van der Waals surface area contributed by atoms with Crippen molar-refractivity contribution in [3.05, 3.63) is 50.5 Å². The van der Waals surface area contributed by atoms with Crippen molar-refractivity contribution in [2.45, 2.75) is 6.92 Å². The smallest absolute Gasteiger partial charge is 0.337 e. The third-order valence-corrected chi connectivity index (χ3v) is 3.81. The Labute approximate surface area is 136 Å². The van der Waals surface area contributed by atoms with Crippen LogP contribution in [0.5, 0.6) is 11.5 Å². The molecule has 2 rings (SSSR count). The van der Waals surface area contributed by atoms with E-state index < -0.39 is 5.97 Å². The van der Waals surface area contributed by atoms with Gasteiger partial charge in [-0.3, -0.25) is 0 Å². The van der Waals surface area contributed by atoms with Gasteiger partial charge in [0.15, 0.2) is 0 Å². The lowest BCUT2D eigenvalue weighted by Gasteiger charge is -2.12. The van der Waals surface area contributed by atoms with Gasteiger partial charge in [0.2, 0.25) is 0 Å². The van der Waals surface area contributed by atoms with Crippen LogP contribution >= 0.6 is 34.8 Å². The number of anilines is 1. The van der Waals surface area contributed by atoms with Crippen LogP contribution in [0.25, 0.3) is 0 Å². The van der Waals surface area contributed by atoms with E-state index in [9.17, 15) is 4.79 Å². The minimum Gasteiger partial charge on any atom is -0.478 e. The van der Waals surface area contributed by atoms with E-state index in [1.165, 1.54) is 18.2 Å². The van der Waals surface area contributed by atoms with Gasteiger partial charge in [0.1, 0.15) is 11.5 Å². The predicted octanol–water partition coefficient (Wildman–Crippen LogP) is 5.03. The van der Waals surface area contributed by atoms with Gasteiger partial charge in [0, 0.05) is 11.8 Å². The average molecular weight is 347 g/mol. The lowest BCUT2D eigenvalue weighted by molar-refractivity contribution is 0.0697. The summed E-state index contributed by atoms with van der Waals surface area (Å²) in [5, 5.41) is 9.95. The quantitative estimate of drug-likeness (QED) is 0.604. The van der Waals surface area contributed by atoms with E-state index in [1.807, 2.05) is 0 Å². The van der Waals surface area contributed by atoms with E-state index in [0.717, 1.165) is 0 Å². The number of nitrogen functional groups attached to an aromatic ring is 1. The fourth-order valence-corrected chi connectivity index (χ4v) is 2.29. The molecule has 0 unspecified atom stereocenters. The minimum atomic E-state index is -1.14. The van der Waals surface area contributed by atoms with Gasteiger partial charge in [-0.15, -0.1) is 0 Å². The molecular weight excluding hydrogens is 337 g/mol. The van der Waals surface area contributed by atoms with Gasteiger partial charge in [-0.05, 0) is 30.7 Å². The van der Waals surface area contributed by atoms with Gasteiger partial charge in [0.05, 0.1) is 20.6 Å². The van der Waals surface area contributed by atoms with E-state index in [4.69, 9.17) is 50.4 Å². The summed E-state index contributed by atoms with van der Waals surface area (Å²) in [5.74, 6) is -0.577. The molecule has 0 saturated heterocycles. The maximum Gasteiger partial charge on any atom is 0.337 e. The van der Waals surface area contributed by atoms with Crippen molar-refractivity contribution in [1.82, 2.24) is 0 Å². The molecule has 4 nitrogen and oxygen atoms in total. The lowest BCUT2D eigenvalue weighted by atomic mass is 10.1. The molecule has 3 N–H and O–H groups in total. The largest absolute Gasteiger partial charge is 0.478 e. The maximum absolute atomic E-state index is 11.1. The van der Waals surface area contributed by atoms with Crippen LogP contribution in [0.15, 0.2) is 24.3 Å². The first-order valence-corrected chi connectivity index (χ1v) is 6.88. The molecule has 0 heterocycles. The Kier molecular flexibility index (Phi) is 4.52. The number of halogens is 3. The highest BCUT2D eigenvalue weighted by molar-refractivity contribution is 6.43. The first-order valence-electron chi connectivity index (χ1n) is 5.75. The number of benzene rings is 2. The number of carboxylic acids is 1. The number of carboxylic acid groups (broad SMARTS) is 1. The fraction of sp³-hybridized carbons (Fsp3) is 0.0714. The summed E-state index contributed by atoms with van der Waals surface area (Å²) >= 11 is 17.8. The van der Waals surface area contributed by atoms with Crippen LogP contribution in [0.2, 0.25) is 15.1 Å². The van der Waals surface area contributed by atoms with Crippen molar-refractivity contribution < 1.29 is 14.6 Å². The molecular formula is C14H10Cl3NO3. The summed E-state index contributed by atoms with van der Waals surface area (Å²) in [5.41, 5.74) is 6.45. The number of rotatable bonds is 3. The van der Waals surface area contributed by atoms with Crippen molar-refractivity contribution in [2.75, 3.05) is 5.73 Å². The van der Waals surface area contributed by atoms with E-state index in [1.54, 1.807) is 13.0 Å². The Bertz CT molecular complexity index is 732. The third kappa shape index (κ3) is 3.35. The second kappa shape index (κ2) is 6.02. The second-order valence-corrected chi connectivity index (χ2v) is 5.53. The van der Waals surface area contributed by atoms with Gasteiger partial charge in [0.25, 0.3) is 0 Å². The van der Waals surface area contributed by atoms with Crippen LogP contribution in [-0.4, -0.2) is 11.1 Å².